The quantitative estimate of drug-likeness (QED) is 0.629. The number of thiazole rings is 1. The number of benzene rings is 1. The lowest BCUT2D eigenvalue weighted by atomic mass is 10.2. The topological polar surface area (TPSA) is 77.9 Å². The molecule has 0 unspecified atom stereocenters. The molecule has 114 valence electrons. The van der Waals surface area contributed by atoms with E-state index in [9.17, 15) is 4.79 Å². The average Bonchev–Trinajstić information content (AvgIpc) is 2.82. The van der Waals surface area contributed by atoms with Gasteiger partial charge < -0.3 is 15.0 Å². The van der Waals surface area contributed by atoms with E-state index >= 15 is 0 Å². The summed E-state index contributed by atoms with van der Waals surface area (Å²) in [5, 5.41) is 11.5. The molecule has 2 rings (SSSR count). The lowest BCUT2D eigenvalue weighted by Crippen LogP contribution is -2.29. The Morgan fingerprint density at radius 3 is 2.77 bits per heavy atom. The normalized spacial score (nSPS) is 10.0. The van der Waals surface area contributed by atoms with E-state index in [2.05, 4.69) is 10.3 Å². The Morgan fingerprint density at radius 2 is 2.18 bits per heavy atom. The van der Waals surface area contributed by atoms with Gasteiger partial charge in [0.2, 0.25) is 5.91 Å². The molecule has 7 heteroatoms. The lowest BCUT2D eigenvalue weighted by molar-refractivity contribution is -0.120. The number of H-pyrrole nitrogens is 1. The minimum Gasteiger partial charge on any atom is -0.492 e. The van der Waals surface area contributed by atoms with Crippen LogP contribution in [0.25, 0.3) is 0 Å². The zero-order valence-corrected chi connectivity index (χ0v) is 13.6. The zero-order chi connectivity index (χ0) is 15.9. The van der Waals surface area contributed by atoms with Gasteiger partial charge in [-0.05, 0) is 43.4 Å². The molecule has 1 aromatic heterocycles. The Hall–Kier alpha value is -2.17. The highest BCUT2D eigenvalue weighted by atomic mass is 32.1. The van der Waals surface area contributed by atoms with Crippen LogP contribution < -0.4 is 10.1 Å². The number of rotatable bonds is 6. The lowest BCUT2D eigenvalue weighted by Gasteiger charge is -2.07. The number of nitriles is 1. The number of nitrogens with one attached hydrogen (secondary N) is 2. The first-order valence-electron chi connectivity index (χ1n) is 6.66. The Morgan fingerprint density at radius 1 is 1.45 bits per heavy atom. The van der Waals surface area contributed by atoms with Gasteiger partial charge in [-0.15, -0.1) is 11.3 Å². The van der Waals surface area contributed by atoms with Gasteiger partial charge in [0.15, 0.2) is 3.95 Å². The summed E-state index contributed by atoms with van der Waals surface area (Å²) >= 11 is 6.47. The van der Waals surface area contributed by atoms with Crippen LogP contribution in [0.4, 0.5) is 0 Å². The maximum atomic E-state index is 11.8. The van der Waals surface area contributed by atoms with E-state index in [1.807, 2.05) is 13.0 Å². The van der Waals surface area contributed by atoms with Crippen LogP contribution in [-0.2, 0) is 11.2 Å². The summed E-state index contributed by atoms with van der Waals surface area (Å²) in [5.41, 5.74) is 1.53. The minimum absolute atomic E-state index is 0.0585. The fraction of sp³-hybridized carbons (Fsp3) is 0.267. The van der Waals surface area contributed by atoms with Gasteiger partial charge in [0.25, 0.3) is 0 Å². The van der Waals surface area contributed by atoms with Crippen molar-refractivity contribution in [3.05, 3.63) is 44.4 Å². The summed E-state index contributed by atoms with van der Waals surface area (Å²) in [7, 11) is 0. The maximum absolute atomic E-state index is 11.8. The molecule has 0 bridgehead atoms. The van der Waals surface area contributed by atoms with E-state index in [0.29, 0.717) is 34.8 Å². The van der Waals surface area contributed by atoms with Gasteiger partial charge in [0, 0.05) is 10.6 Å². The molecular weight excluding hydrogens is 318 g/mol. The third-order valence-corrected chi connectivity index (χ3v) is 4.26. The molecule has 0 spiro atoms. The molecule has 2 aromatic rings. The van der Waals surface area contributed by atoms with Crippen molar-refractivity contribution < 1.29 is 9.53 Å². The van der Waals surface area contributed by atoms with Gasteiger partial charge in [0.1, 0.15) is 12.4 Å². The second-order valence-electron chi connectivity index (χ2n) is 4.57. The molecule has 0 aliphatic heterocycles. The number of aromatic nitrogens is 1. The highest BCUT2D eigenvalue weighted by Crippen LogP contribution is 2.15. The van der Waals surface area contributed by atoms with Gasteiger partial charge in [-0.3, -0.25) is 4.79 Å². The molecule has 0 radical (unpaired) electrons. The Bertz CT molecular complexity index is 741. The Labute approximate surface area is 137 Å². The molecule has 0 fully saturated rings. The standard InChI is InChI=1S/C15H15N3O2S2/c1-10-13(22-15(21)18-10)8-14(19)17-6-7-20-12-4-2-11(9-16)3-5-12/h2-5H,6-8H2,1H3,(H,17,19)(H,18,21). The second-order valence-corrected chi connectivity index (χ2v) is 6.35. The smallest absolute Gasteiger partial charge is 0.225 e. The third kappa shape index (κ3) is 4.69. The highest BCUT2D eigenvalue weighted by molar-refractivity contribution is 7.73. The van der Waals surface area contributed by atoms with Crippen molar-refractivity contribution in [3.8, 4) is 11.8 Å². The number of carbonyl (C=O) groups excluding carboxylic acids is 1. The number of aryl methyl sites for hydroxylation is 1. The van der Waals surface area contributed by atoms with E-state index < -0.39 is 0 Å². The van der Waals surface area contributed by atoms with Crippen LogP contribution in [0.5, 0.6) is 5.75 Å². The number of nitrogens with zero attached hydrogens (tertiary/aromatic N) is 1. The van der Waals surface area contributed by atoms with Crippen LogP contribution in [-0.4, -0.2) is 24.0 Å². The molecule has 0 saturated carbocycles. The molecule has 0 atom stereocenters. The minimum atomic E-state index is -0.0585. The molecule has 5 nitrogen and oxygen atoms in total. The van der Waals surface area contributed by atoms with Crippen LogP contribution in [0.1, 0.15) is 16.1 Å². The van der Waals surface area contributed by atoms with E-state index in [4.69, 9.17) is 22.2 Å². The summed E-state index contributed by atoms with van der Waals surface area (Å²) in [6.45, 7) is 2.70. The predicted molar refractivity (Wildman–Crippen MR) is 87.6 cm³/mol. The van der Waals surface area contributed by atoms with E-state index in [1.54, 1.807) is 24.3 Å². The van der Waals surface area contributed by atoms with Gasteiger partial charge in [-0.2, -0.15) is 5.26 Å². The highest BCUT2D eigenvalue weighted by Gasteiger charge is 2.08. The Kier molecular flexibility index (Phi) is 5.69. The van der Waals surface area contributed by atoms with Gasteiger partial charge in [-0.1, -0.05) is 0 Å². The average molecular weight is 333 g/mol. The number of carbonyl (C=O) groups is 1. The van der Waals surface area contributed by atoms with Crippen LogP contribution in [0.15, 0.2) is 24.3 Å². The van der Waals surface area contributed by atoms with Crippen LogP contribution in [0.3, 0.4) is 0 Å². The molecule has 0 aliphatic rings. The van der Waals surface area contributed by atoms with Crippen LogP contribution >= 0.6 is 23.6 Å². The molecule has 1 heterocycles. The first kappa shape index (κ1) is 16.2. The van der Waals surface area contributed by atoms with Crippen molar-refractivity contribution in [2.75, 3.05) is 13.2 Å². The van der Waals surface area contributed by atoms with Gasteiger partial charge >= 0.3 is 0 Å². The molecule has 1 aromatic carbocycles. The number of ether oxygens (including phenoxy) is 1. The summed E-state index contributed by atoms with van der Waals surface area (Å²) in [4.78, 5) is 15.8. The first-order valence-corrected chi connectivity index (χ1v) is 7.89. The van der Waals surface area contributed by atoms with Gasteiger partial charge in [0.05, 0.1) is 24.6 Å². The molecule has 1 amide bonds. The maximum Gasteiger partial charge on any atom is 0.225 e. The summed E-state index contributed by atoms with van der Waals surface area (Å²) in [6.07, 6.45) is 0.320. The number of aromatic amines is 1. The third-order valence-electron chi connectivity index (χ3n) is 2.92. The van der Waals surface area contributed by atoms with Gasteiger partial charge in [-0.25, -0.2) is 0 Å². The van der Waals surface area contributed by atoms with Crippen LogP contribution in [0.2, 0.25) is 0 Å². The molecule has 0 aliphatic carbocycles. The van der Waals surface area contributed by atoms with E-state index in [-0.39, 0.29) is 5.91 Å². The molecule has 0 saturated heterocycles. The summed E-state index contributed by atoms with van der Waals surface area (Å²) in [6, 6.07) is 8.89. The second kappa shape index (κ2) is 7.73. The van der Waals surface area contributed by atoms with Crippen molar-refractivity contribution in [1.82, 2.24) is 10.3 Å². The summed E-state index contributed by atoms with van der Waals surface area (Å²) < 4.78 is 6.17. The first-order chi connectivity index (χ1) is 10.6. The Balaban J connectivity index is 1.72. The fourth-order valence-electron chi connectivity index (χ4n) is 1.80. The molecule has 2 N–H and O–H groups in total. The number of hydrogen-bond donors (Lipinski definition) is 2. The van der Waals surface area contributed by atoms with Crippen molar-refractivity contribution in [2.24, 2.45) is 0 Å². The summed E-state index contributed by atoms with van der Waals surface area (Å²) in [5.74, 6) is 0.615. The molecule has 22 heavy (non-hydrogen) atoms. The SMILES string of the molecule is Cc1[nH]c(=S)sc1CC(=O)NCCOc1ccc(C#N)cc1. The fourth-order valence-corrected chi connectivity index (χ4v) is 3.09. The number of hydrogen-bond acceptors (Lipinski definition) is 5. The monoisotopic (exact) mass is 333 g/mol. The largest absolute Gasteiger partial charge is 0.492 e. The van der Waals surface area contributed by atoms with Crippen molar-refractivity contribution in [3.63, 3.8) is 0 Å². The molecular formula is C15H15N3O2S2. The van der Waals surface area contributed by atoms with Crippen LogP contribution in [0, 0.1) is 22.2 Å². The zero-order valence-electron chi connectivity index (χ0n) is 12.0. The van der Waals surface area contributed by atoms with Crippen molar-refractivity contribution in [2.45, 2.75) is 13.3 Å². The van der Waals surface area contributed by atoms with Crippen molar-refractivity contribution >= 4 is 29.5 Å². The van der Waals surface area contributed by atoms with E-state index in [1.165, 1.54) is 11.3 Å². The predicted octanol–water partition coefficient (Wildman–Crippen LogP) is 2.72. The van der Waals surface area contributed by atoms with E-state index in [0.717, 1.165) is 10.6 Å². The van der Waals surface area contributed by atoms with Crippen molar-refractivity contribution in [1.29, 1.82) is 5.26 Å². The number of amides is 1.